The maximum Gasteiger partial charge on any atom is 0.330 e. The SMILES string of the molecule is CCc1cn([C@H]2C[C@H](O)[C@@H](CN(C)C(=O)C(C)Oc3ccc(Cl)cc3Cl)O2)c(=O)[nH]c1=O. The van der Waals surface area contributed by atoms with E-state index in [0.29, 0.717) is 22.8 Å². The predicted octanol–water partition coefficient (Wildman–Crippen LogP) is 1.98. The van der Waals surface area contributed by atoms with Crippen molar-refractivity contribution < 1.29 is 19.4 Å². The molecular formula is C21H25Cl2N3O6. The highest BCUT2D eigenvalue weighted by Crippen LogP contribution is 2.30. The zero-order valence-electron chi connectivity index (χ0n) is 17.9. The largest absolute Gasteiger partial charge is 0.479 e. The Hall–Kier alpha value is -2.33. The topological polar surface area (TPSA) is 114 Å². The van der Waals surface area contributed by atoms with Crippen LogP contribution in [0.2, 0.25) is 10.0 Å². The average molecular weight is 486 g/mol. The minimum Gasteiger partial charge on any atom is -0.479 e. The molecule has 1 unspecified atom stereocenters. The van der Waals surface area contributed by atoms with Crippen molar-refractivity contribution >= 4 is 29.1 Å². The van der Waals surface area contributed by atoms with Gasteiger partial charge in [0.15, 0.2) is 6.10 Å². The molecule has 32 heavy (non-hydrogen) atoms. The summed E-state index contributed by atoms with van der Waals surface area (Å²) >= 11 is 12.0. The number of nitrogens with zero attached hydrogens (tertiary/aromatic N) is 2. The smallest absolute Gasteiger partial charge is 0.330 e. The van der Waals surface area contributed by atoms with Gasteiger partial charge < -0.3 is 19.5 Å². The van der Waals surface area contributed by atoms with Crippen molar-refractivity contribution in [3.8, 4) is 5.75 Å². The minimum absolute atomic E-state index is 0.0806. The van der Waals surface area contributed by atoms with Crippen molar-refractivity contribution in [2.75, 3.05) is 13.6 Å². The van der Waals surface area contributed by atoms with E-state index < -0.39 is 35.8 Å². The van der Waals surface area contributed by atoms with Crippen LogP contribution in [-0.2, 0) is 16.0 Å². The summed E-state index contributed by atoms with van der Waals surface area (Å²) in [5.41, 5.74) is -0.620. The molecule has 0 bridgehead atoms. The third-order valence-corrected chi connectivity index (χ3v) is 5.84. The van der Waals surface area contributed by atoms with Gasteiger partial charge in [-0.25, -0.2) is 4.79 Å². The van der Waals surface area contributed by atoms with E-state index in [-0.39, 0.29) is 23.9 Å². The summed E-state index contributed by atoms with van der Waals surface area (Å²) in [6.07, 6.45) is -1.18. The summed E-state index contributed by atoms with van der Waals surface area (Å²) < 4.78 is 12.8. The highest BCUT2D eigenvalue weighted by molar-refractivity contribution is 6.35. The molecule has 1 aromatic carbocycles. The number of carbonyl (C=O) groups excluding carboxylic acids is 1. The van der Waals surface area contributed by atoms with Gasteiger partial charge in [-0.1, -0.05) is 30.1 Å². The van der Waals surface area contributed by atoms with Crippen molar-refractivity contribution in [2.45, 2.75) is 51.2 Å². The van der Waals surface area contributed by atoms with E-state index in [1.807, 2.05) is 0 Å². The normalized spacial score (nSPS) is 21.4. The first-order valence-electron chi connectivity index (χ1n) is 10.1. The monoisotopic (exact) mass is 485 g/mol. The Balaban J connectivity index is 1.65. The minimum atomic E-state index is -0.902. The lowest BCUT2D eigenvalue weighted by Crippen LogP contribution is -2.44. The third kappa shape index (κ3) is 5.35. The molecule has 4 atom stereocenters. The highest BCUT2D eigenvalue weighted by atomic mass is 35.5. The molecule has 11 heteroatoms. The number of aliphatic hydroxyl groups is 1. The van der Waals surface area contributed by atoms with Crippen LogP contribution in [0.3, 0.4) is 0 Å². The molecule has 174 valence electrons. The second-order valence-electron chi connectivity index (χ2n) is 7.66. The Bertz CT molecular complexity index is 1100. The number of hydrogen-bond acceptors (Lipinski definition) is 6. The highest BCUT2D eigenvalue weighted by Gasteiger charge is 2.37. The molecular weight excluding hydrogens is 461 g/mol. The van der Waals surface area contributed by atoms with E-state index in [0.717, 1.165) is 0 Å². The van der Waals surface area contributed by atoms with Crippen molar-refractivity contribution in [1.29, 1.82) is 0 Å². The zero-order valence-corrected chi connectivity index (χ0v) is 19.4. The van der Waals surface area contributed by atoms with Crippen LogP contribution in [0.15, 0.2) is 34.0 Å². The molecule has 2 heterocycles. The molecule has 1 aromatic heterocycles. The summed E-state index contributed by atoms with van der Waals surface area (Å²) in [5.74, 6) is -0.0172. The number of aromatic nitrogens is 2. The summed E-state index contributed by atoms with van der Waals surface area (Å²) in [4.78, 5) is 40.4. The number of hydrogen-bond donors (Lipinski definition) is 2. The number of halogens is 2. The van der Waals surface area contributed by atoms with Gasteiger partial charge in [-0.05, 0) is 31.5 Å². The quantitative estimate of drug-likeness (QED) is 0.619. The number of ether oxygens (including phenoxy) is 2. The van der Waals surface area contributed by atoms with E-state index >= 15 is 0 Å². The van der Waals surface area contributed by atoms with E-state index in [2.05, 4.69) is 4.98 Å². The first-order chi connectivity index (χ1) is 15.1. The Morgan fingerprint density at radius 2 is 2.12 bits per heavy atom. The number of aromatic amines is 1. The Morgan fingerprint density at radius 3 is 2.78 bits per heavy atom. The number of likely N-dealkylation sites (N-methyl/N-ethyl adjacent to an activating group) is 1. The fraction of sp³-hybridized carbons (Fsp3) is 0.476. The number of benzene rings is 1. The number of rotatable bonds is 7. The Morgan fingerprint density at radius 1 is 1.41 bits per heavy atom. The maximum absolute atomic E-state index is 12.7. The van der Waals surface area contributed by atoms with Gasteiger partial charge in [-0.3, -0.25) is 19.1 Å². The van der Waals surface area contributed by atoms with E-state index in [4.69, 9.17) is 32.7 Å². The van der Waals surface area contributed by atoms with Gasteiger partial charge in [0.25, 0.3) is 11.5 Å². The molecule has 0 spiro atoms. The number of aryl methyl sites for hydroxylation is 1. The first kappa shape index (κ1) is 24.3. The fourth-order valence-corrected chi connectivity index (χ4v) is 3.98. The van der Waals surface area contributed by atoms with Gasteiger partial charge in [-0.2, -0.15) is 0 Å². The van der Waals surface area contributed by atoms with Gasteiger partial charge >= 0.3 is 5.69 Å². The van der Waals surface area contributed by atoms with Crippen LogP contribution in [-0.4, -0.2) is 57.4 Å². The molecule has 2 N–H and O–H groups in total. The van der Waals surface area contributed by atoms with Gasteiger partial charge in [0, 0.05) is 36.8 Å². The summed E-state index contributed by atoms with van der Waals surface area (Å²) in [6.45, 7) is 3.47. The van der Waals surface area contributed by atoms with Crippen LogP contribution in [0, 0.1) is 0 Å². The molecule has 9 nitrogen and oxygen atoms in total. The van der Waals surface area contributed by atoms with Crippen LogP contribution in [0.4, 0.5) is 0 Å². The molecule has 3 rings (SSSR count). The fourth-order valence-electron chi connectivity index (χ4n) is 3.52. The van der Waals surface area contributed by atoms with Crippen molar-refractivity contribution in [3.05, 3.63) is 60.8 Å². The molecule has 1 aliphatic rings. The van der Waals surface area contributed by atoms with Crippen LogP contribution in [0.1, 0.15) is 32.1 Å². The molecule has 1 saturated heterocycles. The number of H-pyrrole nitrogens is 1. The van der Waals surface area contributed by atoms with E-state index in [1.165, 1.54) is 21.7 Å². The van der Waals surface area contributed by atoms with Crippen molar-refractivity contribution in [1.82, 2.24) is 14.5 Å². The Labute approximate surface area is 194 Å². The molecule has 1 fully saturated rings. The number of amides is 1. The lowest BCUT2D eigenvalue weighted by atomic mass is 10.1. The summed E-state index contributed by atoms with van der Waals surface area (Å²) in [5, 5.41) is 11.2. The second kappa shape index (κ2) is 10.1. The van der Waals surface area contributed by atoms with E-state index in [1.54, 1.807) is 33.0 Å². The van der Waals surface area contributed by atoms with Crippen molar-refractivity contribution in [2.24, 2.45) is 0 Å². The maximum atomic E-state index is 12.7. The lowest BCUT2D eigenvalue weighted by Gasteiger charge is -2.26. The average Bonchev–Trinajstić information content (AvgIpc) is 3.09. The number of aliphatic hydroxyl groups excluding tert-OH is 1. The molecule has 0 radical (unpaired) electrons. The summed E-state index contributed by atoms with van der Waals surface area (Å²) in [7, 11) is 1.57. The van der Waals surface area contributed by atoms with Crippen molar-refractivity contribution in [3.63, 3.8) is 0 Å². The second-order valence-corrected chi connectivity index (χ2v) is 8.50. The van der Waals surface area contributed by atoms with Crippen LogP contribution < -0.4 is 16.0 Å². The predicted molar refractivity (Wildman–Crippen MR) is 119 cm³/mol. The Kier molecular flexibility index (Phi) is 7.66. The van der Waals surface area contributed by atoms with Crippen LogP contribution >= 0.6 is 23.2 Å². The number of carbonyl (C=O) groups is 1. The van der Waals surface area contributed by atoms with Crippen LogP contribution in [0.25, 0.3) is 0 Å². The molecule has 1 aliphatic heterocycles. The van der Waals surface area contributed by atoms with Gasteiger partial charge in [-0.15, -0.1) is 0 Å². The molecule has 2 aromatic rings. The number of nitrogens with one attached hydrogen (secondary N) is 1. The van der Waals surface area contributed by atoms with Crippen LogP contribution in [0.5, 0.6) is 5.75 Å². The third-order valence-electron chi connectivity index (χ3n) is 5.31. The van der Waals surface area contributed by atoms with Gasteiger partial charge in [0.1, 0.15) is 18.1 Å². The lowest BCUT2D eigenvalue weighted by molar-refractivity contribution is -0.139. The van der Waals surface area contributed by atoms with E-state index in [9.17, 15) is 19.5 Å². The molecule has 1 amide bonds. The first-order valence-corrected chi connectivity index (χ1v) is 10.9. The summed E-state index contributed by atoms with van der Waals surface area (Å²) in [6, 6.07) is 4.70. The standard InChI is InChI=1S/C21H25Cl2N3O6/c1-4-12-9-26(21(30)24-19(12)28)18-8-15(27)17(32-18)10-25(3)20(29)11(2)31-16-6-5-13(22)7-14(16)23/h5-7,9,11,15,17-18,27H,4,8,10H2,1-3H3,(H,24,28,30)/t11?,15-,17+,18+/m0/s1. The zero-order chi connectivity index (χ0) is 23.6. The molecule has 0 aliphatic carbocycles. The molecule has 0 saturated carbocycles. The van der Waals surface area contributed by atoms with Gasteiger partial charge in [0.05, 0.1) is 11.1 Å². The van der Waals surface area contributed by atoms with Gasteiger partial charge in [0.2, 0.25) is 0 Å².